The molecule has 2 fully saturated rings. The van der Waals surface area contributed by atoms with Gasteiger partial charge in [-0.1, -0.05) is 30.3 Å². The number of benzene rings is 1. The highest BCUT2D eigenvalue weighted by atomic mass is 16.7. The summed E-state index contributed by atoms with van der Waals surface area (Å²) in [6.45, 7) is 5.86. The maximum atomic E-state index is 12.7. The van der Waals surface area contributed by atoms with Crippen molar-refractivity contribution in [1.82, 2.24) is 9.80 Å². The monoisotopic (exact) mass is 318 g/mol. The van der Waals surface area contributed by atoms with Crippen LogP contribution in [0.3, 0.4) is 0 Å². The van der Waals surface area contributed by atoms with Crippen LogP contribution in [0, 0.1) is 0 Å². The van der Waals surface area contributed by atoms with Crippen LogP contribution in [0.25, 0.3) is 0 Å². The van der Waals surface area contributed by atoms with Gasteiger partial charge in [0.15, 0.2) is 18.5 Å². The smallest absolute Gasteiger partial charge is 0.255 e. The SMILES string of the molecule is CCN(CC)C(=O)[C@@H]1O[C@H]2CN(Cc3ccccc3)C(=O)[C@@H]1O2. The molecule has 2 aliphatic rings. The molecule has 0 N–H and O–H groups in total. The first kappa shape index (κ1) is 16.0. The minimum atomic E-state index is -0.828. The Balaban J connectivity index is 1.72. The minimum Gasteiger partial charge on any atom is -0.341 e. The molecule has 2 amide bonds. The van der Waals surface area contributed by atoms with Crippen molar-refractivity contribution in [2.24, 2.45) is 0 Å². The van der Waals surface area contributed by atoms with E-state index < -0.39 is 18.5 Å². The zero-order valence-corrected chi connectivity index (χ0v) is 13.5. The van der Waals surface area contributed by atoms with Gasteiger partial charge in [-0.25, -0.2) is 0 Å². The first-order valence-electron chi connectivity index (χ1n) is 8.06. The topological polar surface area (TPSA) is 59.1 Å². The lowest BCUT2D eigenvalue weighted by Gasteiger charge is -2.31. The second kappa shape index (κ2) is 6.68. The van der Waals surface area contributed by atoms with Crippen molar-refractivity contribution >= 4 is 11.8 Å². The third-order valence-electron chi connectivity index (χ3n) is 4.33. The van der Waals surface area contributed by atoms with Gasteiger partial charge in [-0.05, 0) is 19.4 Å². The fourth-order valence-electron chi connectivity index (χ4n) is 3.07. The number of hydrogen-bond donors (Lipinski definition) is 0. The third-order valence-corrected chi connectivity index (χ3v) is 4.33. The lowest BCUT2D eigenvalue weighted by Crippen LogP contribution is -2.51. The molecular formula is C17H22N2O4. The summed E-state index contributed by atoms with van der Waals surface area (Å²) in [7, 11) is 0. The Morgan fingerprint density at radius 3 is 2.57 bits per heavy atom. The van der Waals surface area contributed by atoms with E-state index in [-0.39, 0.29) is 11.8 Å². The number of nitrogens with zero attached hydrogens (tertiary/aromatic N) is 2. The zero-order chi connectivity index (χ0) is 16.4. The molecule has 2 heterocycles. The maximum absolute atomic E-state index is 12.7. The van der Waals surface area contributed by atoms with Gasteiger partial charge in [-0.15, -0.1) is 0 Å². The molecule has 3 atom stereocenters. The first-order valence-corrected chi connectivity index (χ1v) is 8.06. The Morgan fingerprint density at radius 1 is 1.22 bits per heavy atom. The highest BCUT2D eigenvalue weighted by molar-refractivity contribution is 5.92. The lowest BCUT2D eigenvalue weighted by atomic mass is 10.1. The van der Waals surface area contributed by atoms with Gasteiger partial charge in [0, 0.05) is 19.6 Å². The molecule has 0 radical (unpaired) electrons. The van der Waals surface area contributed by atoms with E-state index in [9.17, 15) is 9.59 Å². The average molecular weight is 318 g/mol. The van der Waals surface area contributed by atoms with Crippen LogP contribution < -0.4 is 0 Å². The van der Waals surface area contributed by atoms with E-state index in [0.717, 1.165) is 5.56 Å². The van der Waals surface area contributed by atoms with E-state index in [1.54, 1.807) is 9.80 Å². The molecule has 1 aromatic carbocycles. The minimum absolute atomic E-state index is 0.169. The van der Waals surface area contributed by atoms with Crippen molar-refractivity contribution in [2.75, 3.05) is 19.6 Å². The number of rotatable bonds is 5. The van der Waals surface area contributed by atoms with Crippen LogP contribution >= 0.6 is 0 Å². The molecule has 0 saturated carbocycles. The van der Waals surface area contributed by atoms with Crippen molar-refractivity contribution in [3.63, 3.8) is 0 Å². The summed E-state index contributed by atoms with van der Waals surface area (Å²) in [5, 5.41) is 0. The fraction of sp³-hybridized carbons (Fsp3) is 0.529. The van der Waals surface area contributed by atoms with Gasteiger partial charge < -0.3 is 19.3 Å². The Hall–Kier alpha value is -1.92. The summed E-state index contributed by atoms with van der Waals surface area (Å²) in [5.41, 5.74) is 1.05. The molecule has 3 rings (SSSR count). The number of likely N-dealkylation sites (N-methyl/N-ethyl adjacent to an activating group) is 1. The third kappa shape index (κ3) is 3.09. The molecule has 23 heavy (non-hydrogen) atoms. The molecule has 2 bridgehead atoms. The molecule has 6 nitrogen and oxygen atoms in total. The molecule has 6 heteroatoms. The zero-order valence-electron chi connectivity index (χ0n) is 13.5. The van der Waals surface area contributed by atoms with Gasteiger partial charge in [0.1, 0.15) is 0 Å². The van der Waals surface area contributed by atoms with Gasteiger partial charge in [0.25, 0.3) is 11.8 Å². The number of fused-ring (bicyclic) bond motifs is 2. The highest BCUT2D eigenvalue weighted by Gasteiger charge is 2.51. The van der Waals surface area contributed by atoms with Crippen LogP contribution in [0.15, 0.2) is 30.3 Å². The summed E-state index contributed by atoms with van der Waals surface area (Å²) in [6, 6.07) is 9.78. The van der Waals surface area contributed by atoms with Crippen LogP contribution in [0.5, 0.6) is 0 Å². The Bertz CT molecular complexity index is 573. The summed E-state index contributed by atoms with van der Waals surface area (Å²) in [6.07, 6.45) is -2.18. The van der Waals surface area contributed by atoms with Crippen molar-refractivity contribution in [1.29, 1.82) is 0 Å². The number of hydrogen-bond acceptors (Lipinski definition) is 4. The Morgan fingerprint density at radius 2 is 1.91 bits per heavy atom. The molecule has 2 aliphatic heterocycles. The lowest BCUT2D eigenvalue weighted by molar-refractivity contribution is -0.162. The summed E-state index contributed by atoms with van der Waals surface area (Å²) < 4.78 is 11.3. The van der Waals surface area contributed by atoms with Crippen LogP contribution in [-0.4, -0.2) is 59.7 Å². The quantitative estimate of drug-likeness (QED) is 0.813. The average Bonchev–Trinajstić information content (AvgIpc) is 2.94. The molecule has 0 spiro atoms. The van der Waals surface area contributed by atoms with E-state index in [2.05, 4.69) is 0 Å². The van der Waals surface area contributed by atoms with E-state index in [4.69, 9.17) is 9.47 Å². The fourth-order valence-corrected chi connectivity index (χ4v) is 3.07. The molecule has 1 aromatic rings. The summed E-state index contributed by atoms with van der Waals surface area (Å²) >= 11 is 0. The molecule has 0 aromatic heterocycles. The predicted molar refractivity (Wildman–Crippen MR) is 83.3 cm³/mol. The van der Waals surface area contributed by atoms with Gasteiger partial charge >= 0.3 is 0 Å². The summed E-state index contributed by atoms with van der Waals surface area (Å²) in [4.78, 5) is 28.5. The first-order chi connectivity index (χ1) is 11.1. The molecule has 2 saturated heterocycles. The van der Waals surface area contributed by atoms with Crippen LogP contribution in [0.4, 0.5) is 0 Å². The summed E-state index contributed by atoms with van der Waals surface area (Å²) in [5.74, 6) is -0.342. The Kier molecular flexibility index (Phi) is 4.63. The Labute approximate surface area is 136 Å². The number of carbonyl (C=O) groups excluding carboxylic acids is 2. The van der Waals surface area contributed by atoms with E-state index >= 15 is 0 Å². The number of ether oxygens (including phenoxy) is 2. The van der Waals surface area contributed by atoms with Gasteiger partial charge in [-0.2, -0.15) is 0 Å². The molecule has 124 valence electrons. The van der Waals surface area contributed by atoms with Gasteiger partial charge in [0.2, 0.25) is 0 Å². The number of carbonyl (C=O) groups is 2. The van der Waals surface area contributed by atoms with Crippen LogP contribution in [-0.2, 0) is 25.6 Å². The number of amides is 2. The molecule has 0 unspecified atom stereocenters. The number of morpholine rings is 1. The second-order valence-electron chi connectivity index (χ2n) is 5.76. The van der Waals surface area contributed by atoms with Crippen LogP contribution in [0.1, 0.15) is 19.4 Å². The maximum Gasteiger partial charge on any atom is 0.255 e. The second-order valence-corrected chi connectivity index (χ2v) is 5.76. The van der Waals surface area contributed by atoms with Crippen molar-refractivity contribution < 1.29 is 19.1 Å². The normalized spacial score (nSPS) is 26.4. The van der Waals surface area contributed by atoms with Crippen molar-refractivity contribution in [3.8, 4) is 0 Å². The van der Waals surface area contributed by atoms with E-state index in [1.807, 2.05) is 44.2 Å². The molecular weight excluding hydrogens is 296 g/mol. The predicted octanol–water partition coefficient (Wildman–Crippen LogP) is 1.01. The largest absolute Gasteiger partial charge is 0.341 e. The standard InChI is InChI=1S/C17H22N2O4/c1-3-18(4-2)16(20)14-15-17(21)19(11-13(22-14)23-15)10-12-8-6-5-7-9-12/h5-9,13-15H,3-4,10-11H2,1-2H3/t13-,14-,15-/m1/s1. The molecule has 0 aliphatic carbocycles. The van der Waals surface area contributed by atoms with Gasteiger partial charge in [-0.3, -0.25) is 9.59 Å². The van der Waals surface area contributed by atoms with Gasteiger partial charge in [0.05, 0.1) is 6.54 Å². The van der Waals surface area contributed by atoms with Crippen molar-refractivity contribution in [2.45, 2.75) is 38.9 Å². The van der Waals surface area contributed by atoms with E-state index in [1.165, 1.54) is 0 Å². The van der Waals surface area contributed by atoms with Crippen molar-refractivity contribution in [3.05, 3.63) is 35.9 Å². The van der Waals surface area contributed by atoms with E-state index in [0.29, 0.717) is 26.2 Å². The highest BCUT2D eigenvalue weighted by Crippen LogP contribution is 2.29. The van der Waals surface area contributed by atoms with Crippen LogP contribution in [0.2, 0.25) is 0 Å².